The first kappa shape index (κ1) is 23.6. The molecule has 0 saturated heterocycles. The third-order valence-electron chi connectivity index (χ3n) is 15.7. The van der Waals surface area contributed by atoms with Crippen LogP contribution in [0.3, 0.4) is 0 Å². The zero-order valence-electron chi connectivity index (χ0n) is 24.9. The van der Waals surface area contributed by atoms with Gasteiger partial charge in [-0.3, -0.25) is 0 Å². The Kier molecular flexibility index (Phi) is 4.53. The highest BCUT2D eigenvalue weighted by Gasteiger charge is 2.59. The van der Waals surface area contributed by atoms with Gasteiger partial charge < -0.3 is 5.11 Å². The van der Waals surface area contributed by atoms with E-state index in [4.69, 9.17) is 0 Å². The lowest BCUT2D eigenvalue weighted by Crippen LogP contribution is -2.52. The molecule has 210 valence electrons. The van der Waals surface area contributed by atoms with Crippen LogP contribution in [0.2, 0.25) is 0 Å². The summed E-state index contributed by atoms with van der Waals surface area (Å²) in [5, 5.41) is 12.9. The van der Waals surface area contributed by atoms with Crippen LogP contribution in [0.4, 0.5) is 0 Å². The summed E-state index contributed by atoms with van der Waals surface area (Å²) in [6.45, 7) is 5.08. The number of hydrogen-bond donors (Lipinski definition) is 1. The summed E-state index contributed by atoms with van der Waals surface area (Å²) >= 11 is 0. The monoisotopic (exact) mass is 524 g/mol. The van der Waals surface area contributed by atoms with E-state index in [-0.39, 0.29) is 10.8 Å². The van der Waals surface area contributed by atoms with Crippen LogP contribution in [0.1, 0.15) is 143 Å². The Bertz CT molecular complexity index is 968. The van der Waals surface area contributed by atoms with Crippen LogP contribution in [0.5, 0.6) is 5.75 Å². The van der Waals surface area contributed by atoms with E-state index in [2.05, 4.69) is 13.8 Å². The summed E-state index contributed by atoms with van der Waals surface area (Å²) in [4.78, 5) is 0. The maximum absolute atomic E-state index is 12.9. The van der Waals surface area contributed by atoms with E-state index in [0.717, 1.165) is 59.0 Å². The molecule has 0 spiro atoms. The molecule has 1 aromatic carbocycles. The molecule has 13 rings (SSSR count). The molecule has 12 aliphatic rings. The van der Waals surface area contributed by atoms with Gasteiger partial charge in [0.2, 0.25) is 0 Å². The van der Waals surface area contributed by atoms with E-state index in [1.165, 1.54) is 116 Å². The van der Waals surface area contributed by atoms with Gasteiger partial charge in [0.15, 0.2) is 0 Å². The van der Waals surface area contributed by atoms with Gasteiger partial charge in [0, 0.05) is 22.0 Å². The van der Waals surface area contributed by atoms with Crippen LogP contribution in [0.25, 0.3) is 0 Å². The first-order chi connectivity index (χ1) is 18.8. The molecule has 0 atom stereocenters. The van der Waals surface area contributed by atoms with Crippen LogP contribution in [-0.4, -0.2) is 5.11 Å². The molecular weight excluding hydrogens is 472 g/mol. The molecular formula is C38H52O. The lowest BCUT2D eigenvalue weighted by Gasteiger charge is -2.61. The zero-order valence-corrected chi connectivity index (χ0v) is 24.9. The number of aromatic hydroxyl groups is 1. The van der Waals surface area contributed by atoms with Gasteiger partial charge in [0.25, 0.3) is 0 Å². The fourth-order valence-corrected chi connectivity index (χ4v) is 16.4. The third-order valence-corrected chi connectivity index (χ3v) is 15.7. The van der Waals surface area contributed by atoms with Crippen molar-refractivity contribution in [2.24, 2.45) is 53.3 Å². The van der Waals surface area contributed by atoms with E-state index in [9.17, 15) is 5.11 Å². The summed E-state index contributed by atoms with van der Waals surface area (Å²) in [5.41, 5.74) is 9.13. The summed E-state index contributed by atoms with van der Waals surface area (Å²) in [6, 6.07) is 0. The molecule has 12 fully saturated rings. The van der Waals surface area contributed by atoms with Crippen LogP contribution < -0.4 is 0 Å². The summed E-state index contributed by atoms with van der Waals surface area (Å²) < 4.78 is 0. The largest absolute Gasteiger partial charge is 0.507 e. The number of phenolic OH excluding ortho intramolecular Hbond substituents is 1. The van der Waals surface area contributed by atoms with Gasteiger partial charge in [-0.1, -0.05) is 0 Å². The molecule has 1 nitrogen and oxygen atoms in total. The molecule has 12 aliphatic carbocycles. The Balaban J connectivity index is 1.22. The van der Waals surface area contributed by atoms with Crippen molar-refractivity contribution in [2.45, 2.75) is 146 Å². The Morgan fingerprint density at radius 1 is 0.385 bits per heavy atom. The maximum atomic E-state index is 12.9. The van der Waals surface area contributed by atoms with Crippen LogP contribution in [0, 0.1) is 67.1 Å². The van der Waals surface area contributed by atoms with Gasteiger partial charge in [-0.25, -0.2) is 0 Å². The highest BCUT2D eigenvalue weighted by atomic mass is 16.3. The van der Waals surface area contributed by atoms with Gasteiger partial charge in [-0.15, -0.1) is 0 Å². The number of benzene rings is 1. The van der Waals surface area contributed by atoms with Crippen LogP contribution in [-0.2, 0) is 16.2 Å². The molecule has 1 N–H and O–H groups in total. The molecule has 1 heteroatoms. The van der Waals surface area contributed by atoms with Crippen molar-refractivity contribution in [3.05, 3.63) is 27.8 Å². The van der Waals surface area contributed by atoms with E-state index in [0.29, 0.717) is 5.41 Å². The van der Waals surface area contributed by atoms with Crippen molar-refractivity contribution >= 4 is 0 Å². The van der Waals surface area contributed by atoms with Crippen molar-refractivity contribution < 1.29 is 5.11 Å². The van der Waals surface area contributed by atoms with Crippen molar-refractivity contribution in [1.82, 2.24) is 0 Å². The Labute approximate surface area is 237 Å². The molecule has 0 amide bonds. The predicted molar refractivity (Wildman–Crippen MR) is 157 cm³/mol. The normalized spacial score (nSPS) is 53.7. The second kappa shape index (κ2) is 7.50. The number of rotatable bonds is 3. The first-order valence-corrected chi connectivity index (χ1v) is 17.7. The fraction of sp³-hybridized carbons (Fsp3) is 0.842. The van der Waals surface area contributed by atoms with Gasteiger partial charge in [-0.05, 0) is 205 Å². The Hall–Kier alpha value is -0.980. The molecule has 0 heterocycles. The minimum Gasteiger partial charge on any atom is -0.507 e. The third kappa shape index (κ3) is 3.05. The molecule has 39 heavy (non-hydrogen) atoms. The Morgan fingerprint density at radius 2 is 0.590 bits per heavy atom. The second-order valence-corrected chi connectivity index (χ2v) is 18.3. The zero-order chi connectivity index (χ0) is 25.9. The van der Waals surface area contributed by atoms with Crippen LogP contribution in [0.15, 0.2) is 0 Å². The summed E-state index contributed by atoms with van der Waals surface area (Å²) in [6.07, 6.45) is 26.3. The highest BCUT2D eigenvalue weighted by Crippen LogP contribution is 2.69. The highest BCUT2D eigenvalue weighted by molar-refractivity contribution is 5.63. The van der Waals surface area contributed by atoms with Crippen LogP contribution >= 0.6 is 0 Å². The van der Waals surface area contributed by atoms with Gasteiger partial charge in [0.1, 0.15) is 5.75 Å². The lowest BCUT2D eigenvalue weighted by atomic mass is 9.43. The molecule has 1 aromatic rings. The van der Waals surface area contributed by atoms with Crippen molar-refractivity contribution in [3.8, 4) is 5.75 Å². The quantitative estimate of drug-likeness (QED) is 0.417. The summed E-state index contributed by atoms with van der Waals surface area (Å²) in [5.74, 6) is 9.40. The topological polar surface area (TPSA) is 20.2 Å². The van der Waals surface area contributed by atoms with E-state index in [1.54, 1.807) is 22.3 Å². The maximum Gasteiger partial charge on any atom is 0.123 e. The number of hydrogen-bond acceptors (Lipinski definition) is 1. The molecule has 0 aromatic heterocycles. The smallest absolute Gasteiger partial charge is 0.123 e. The van der Waals surface area contributed by atoms with Crippen molar-refractivity contribution in [3.63, 3.8) is 0 Å². The fourth-order valence-electron chi connectivity index (χ4n) is 16.4. The standard InChI is InChI=1S/C38H52O/c1-21-32(36-12-23-3-24(13-36)5-25(4-23)14-36)22(2)34(38-18-29-9-30(19-38)11-31(10-29)20-38)35(39)33(21)37-15-26-6-27(16-37)8-28(7-26)17-37/h23-31,39H,3-20H2,1-2H3. The summed E-state index contributed by atoms with van der Waals surface area (Å²) in [7, 11) is 0. The second-order valence-electron chi connectivity index (χ2n) is 18.3. The first-order valence-electron chi connectivity index (χ1n) is 17.7. The molecule has 0 aliphatic heterocycles. The van der Waals surface area contributed by atoms with Crippen molar-refractivity contribution in [2.75, 3.05) is 0 Å². The Morgan fingerprint density at radius 3 is 0.821 bits per heavy atom. The average Bonchev–Trinajstić information content (AvgIpc) is 2.80. The minimum atomic E-state index is 0.282. The predicted octanol–water partition coefficient (Wildman–Crippen LogP) is 9.41. The van der Waals surface area contributed by atoms with Crippen molar-refractivity contribution in [1.29, 1.82) is 0 Å². The van der Waals surface area contributed by atoms with Gasteiger partial charge in [0.05, 0.1) is 0 Å². The lowest BCUT2D eigenvalue weighted by molar-refractivity contribution is -0.0139. The van der Waals surface area contributed by atoms with E-state index in [1.807, 2.05) is 5.56 Å². The number of phenols is 1. The SMILES string of the molecule is Cc1c(C23CC4CC(CC(C4)C2)C3)c(C)c(C23CC4CC(CC(C4)C2)C3)c(O)c1C12CC3CC(CC(C3)C1)C2. The molecule has 0 unspecified atom stereocenters. The van der Waals surface area contributed by atoms with E-state index < -0.39 is 0 Å². The van der Waals surface area contributed by atoms with E-state index >= 15 is 0 Å². The molecule has 12 bridgehead atoms. The van der Waals surface area contributed by atoms with Gasteiger partial charge >= 0.3 is 0 Å². The molecule has 0 radical (unpaired) electrons. The molecule has 12 saturated carbocycles. The van der Waals surface area contributed by atoms with Gasteiger partial charge in [-0.2, -0.15) is 0 Å². The minimum absolute atomic E-state index is 0.282. The average molecular weight is 525 g/mol.